The molecule has 3 aromatic carbocycles. The Morgan fingerprint density at radius 3 is 2.14 bits per heavy atom. The zero-order chi connectivity index (χ0) is 26.0. The second-order valence-corrected chi connectivity index (χ2v) is 15.0. The van der Waals surface area contributed by atoms with Gasteiger partial charge >= 0.3 is 12.1 Å². The molecule has 0 radical (unpaired) electrons. The molecule has 1 N–H and O–H groups in total. The number of aliphatic carboxylic acids is 1. The lowest BCUT2D eigenvalue weighted by Gasteiger charge is -2.21. The fourth-order valence-electron chi connectivity index (χ4n) is 4.48. The highest BCUT2D eigenvalue weighted by molar-refractivity contribution is 6.83. The van der Waals surface area contributed by atoms with Gasteiger partial charge in [-0.15, -0.1) is 5.54 Å². The van der Waals surface area contributed by atoms with Crippen LogP contribution in [-0.4, -0.2) is 38.9 Å². The average molecular weight is 498 g/mol. The topological polar surface area (TPSA) is 66.8 Å². The summed E-state index contributed by atoms with van der Waals surface area (Å²) in [5.74, 6) is 2.28. The van der Waals surface area contributed by atoms with Crippen molar-refractivity contribution in [3.8, 4) is 22.6 Å². The lowest BCUT2D eigenvalue weighted by molar-refractivity contribution is -0.136. The van der Waals surface area contributed by atoms with E-state index in [9.17, 15) is 14.7 Å². The fraction of sp³-hybridized carbons (Fsp3) is 0.267. The smallest absolute Gasteiger partial charge is 0.414 e. The molecule has 4 rings (SSSR count). The Morgan fingerprint density at radius 1 is 1.00 bits per heavy atom. The van der Waals surface area contributed by atoms with E-state index in [0.717, 1.165) is 22.3 Å². The van der Waals surface area contributed by atoms with E-state index >= 15 is 0 Å². The van der Waals surface area contributed by atoms with E-state index in [1.165, 1.54) is 16.0 Å². The minimum atomic E-state index is -1.65. The van der Waals surface area contributed by atoms with Gasteiger partial charge in [0.15, 0.2) is 0 Å². The summed E-state index contributed by atoms with van der Waals surface area (Å²) in [6.07, 6.45) is -0.633. The quantitative estimate of drug-likeness (QED) is 0.335. The van der Waals surface area contributed by atoms with E-state index in [0.29, 0.717) is 11.3 Å². The highest BCUT2D eigenvalue weighted by atomic mass is 28.3. The Labute approximate surface area is 213 Å². The Bertz CT molecular complexity index is 1350. The van der Waals surface area contributed by atoms with Gasteiger partial charge in [0.2, 0.25) is 0 Å². The van der Waals surface area contributed by atoms with Gasteiger partial charge in [0.05, 0.1) is 6.42 Å². The molecule has 1 amide bonds. The number of benzene rings is 3. The SMILES string of the molecule is Cc1c(C#C[Si](C)(C)C)cc(N(C)C(=O)OCC2c3ccccc3-c3ccccc32)cc1CC(=O)O. The number of anilines is 1. The molecule has 6 heteroatoms. The number of carboxylic acid groups (broad SMARTS) is 1. The zero-order valence-corrected chi connectivity index (χ0v) is 22.4. The van der Waals surface area contributed by atoms with Crippen LogP contribution in [0.4, 0.5) is 10.5 Å². The van der Waals surface area contributed by atoms with Crippen LogP contribution in [0.15, 0.2) is 60.7 Å². The number of hydrogen-bond donors (Lipinski definition) is 1. The number of hydrogen-bond acceptors (Lipinski definition) is 3. The van der Waals surface area contributed by atoms with E-state index in [4.69, 9.17) is 4.74 Å². The van der Waals surface area contributed by atoms with E-state index in [1.807, 2.05) is 37.3 Å². The summed E-state index contributed by atoms with van der Waals surface area (Å²) in [6, 6.07) is 20.0. The standard InChI is InChI=1S/C30H31NO4Si/c1-20-21(14-15-36(3,4)5)16-23(17-22(20)18-29(32)33)31(2)30(34)35-19-28-26-12-8-6-10-24(26)25-11-7-9-13-27(25)28/h6-13,16-17,28H,18-19H2,1-5H3,(H,32,33). The van der Waals surface area contributed by atoms with Crippen LogP contribution in [0.25, 0.3) is 11.1 Å². The molecule has 0 fully saturated rings. The maximum atomic E-state index is 13.1. The normalized spacial score (nSPS) is 12.2. The highest BCUT2D eigenvalue weighted by Crippen LogP contribution is 2.44. The molecule has 3 aromatic rings. The minimum Gasteiger partial charge on any atom is -0.481 e. The maximum absolute atomic E-state index is 13.1. The van der Waals surface area contributed by atoms with Gasteiger partial charge in [-0.2, -0.15) is 0 Å². The lowest BCUT2D eigenvalue weighted by Crippen LogP contribution is -2.29. The van der Waals surface area contributed by atoms with Crippen molar-refractivity contribution < 1.29 is 19.4 Å². The first-order valence-electron chi connectivity index (χ1n) is 12.0. The molecule has 0 atom stereocenters. The summed E-state index contributed by atoms with van der Waals surface area (Å²) in [7, 11) is -0.00460. The Kier molecular flexibility index (Phi) is 7.05. The highest BCUT2D eigenvalue weighted by Gasteiger charge is 2.29. The number of nitrogens with zero attached hydrogens (tertiary/aromatic N) is 1. The van der Waals surface area contributed by atoms with Gasteiger partial charge in [-0.1, -0.05) is 74.1 Å². The molecule has 0 heterocycles. The van der Waals surface area contributed by atoms with Gasteiger partial charge in [-0.25, -0.2) is 4.79 Å². The lowest BCUT2D eigenvalue weighted by atomic mass is 9.98. The van der Waals surface area contributed by atoms with Gasteiger partial charge < -0.3 is 9.84 Å². The van der Waals surface area contributed by atoms with Crippen molar-refractivity contribution in [1.29, 1.82) is 0 Å². The van der Waals surface area contributed by atoms with Crippen molar-refractivity contribution in [2.24, 2.45) is 0 Å². The summed E-state index contributed by atoms with van der Waals surface area (Å²) >= 11 is 0. The number of amides is 1. The monoisotopic (exact) mass is 497 g/mol. The largest absolute Gasteiger partial charge is 0.481 e. The van der Waals surface area contributed by atoms with Crippen LogP contribution in [0.1, 0.15) is 33.7 Å². The van der Waals surface area contributed by atoms with Gasteiger partial charge in [-0.3, -0.25) is 9.69 Å². The van der Waals surface area contributed by atoms with Crippen LogP contribution in [0.3, 0.4) is 0 Å². The molecule has 0 spiro atoms. The molecule has 36 heavy (non-hydrogen) atoms. The van der Waals surface area contributed by atoms with Crippen LogP contribution in [0.2, 0.25) is 19.6 Å². The molecule has 0 saturated heterocycles. The van der Waals surface area contributed by atoms with Crippen molar-refractivity contribution in [3.05, 3.63) is 88.5 Å². The summed E-state index contributed by atoms with van der Waals surface area (Å²) in [5.41, 5.74) is 10.8. The molecule has 1 aliphatic carbocycles. The molecule has 1 aliphatic rings. The van der Waals surface area contributed by atoms with Gasteiger partial charge in [0.25, 0.3) is 0 Å². The van der Waals surface area contributed by atoms with Gasteiger partial charge in [0.1, 0.15) is 14.7 Å². The summed E-state index contributed by atoms with van der Waals surface area (Å²) in [4.78, 5) is 26.0. The van der Waals surface area contributed by atoms with Crippen molar-refractivity contribution in [2.45, 2.75) is 38.9 Å². The molecule has 0 bridgehead atoms. The number of fused-ring (bicyclic) bond motifs is 3. The van der Waals surface area contributed by atoms with Crippen molar-refractivity contribution in [1.82, 2.24) is 0 Å². The first-order chi connectivity index (χ1) is 17.0. The van der Waals surface area contributed by atoms with E-state index in [1.54, 1.807) is 13.1 Å². The zero-order valence-electron chi connectivity index (χ0n) is 21.4. The molecule has 0 saturated carbocycles. The predicted molar refractivity (Wildman–Crippen MR) is 146 cm³/mol. The summed E-state index contributed by atoms with van der Waals surface area (Å²) in [6.45, 7) is 8.55. The predicted octanol–water partition coefficient (Wildman–Crippen LogP) is 6.24. The van der Waals surface area contributed by atoms with Crippen molar-refractivity contribution in [2.75, 3.05) is 18.6 Å². The number of carbonyl (C=O) groups is 2. The van der Waals surface area contributed by atoms with Crippen LogP contribution in [0.5, 0.6) is 0 Å². The number of carboxylic acids is 1. The average Bonchev–Trinajstić information content (AvgIpc) is 3.15. The molecule has 184 valence electrons. The number of carbonyl (C=O) groups excluding carboxylic acids is 1. The van der Waals surface area contributed by atoms with Gasteiger partial charge in [0, 0.05) is 24.2 Å². The van der Waals surface area contributed by atoms with Crippen LogP contribution < -0.4 is 4.90 Å². The molecule has 0 unspecified atom stereocenters. The molecule has 0 aromatic heterocycles. The van der Waals surface area contributed by atoms with E-state index in [-0.39, 0.29) is 18.9 Å². The Morgan fingerprint density at radius 2 is 1.58 bits per heavy atom. The minimum absolute atomic E-state index is 0.0338. The fourth-order valence-corrected chi connectivity index (χ4v) is 4.99. The number of rotatable bonds is 5. The second kappa shape index (κ2) is 10.0. The third kappa shape index (κ3) is 5.37. The Hall–Kier alpha value is -3.82. The third-order valence-corrected chi connectivity index (χ3v) is 7.29. The van der Waals surface area contributed by atoms with Crippen molar-refractivity contribution in [3.63, 3.8) is 0 Å². The first kappa shape index (κ1) is 25.3. The van der Waals surface area contributed by atoms with Crippen LogP contribution in [-0.2, 0) is 16.0 Å². The molecule has 5 nitrogen and oxygen atoms in total. The van der Waals surface area contributed by atoms with Gasteiger partial charge in [-0.05, 0) is 52.4 Å². The van der Waals surface area contributed by atoms with Crippen LogP contribution in [0, 0.1) is 18.4 Å². The van der Waals surface area contributed by atoms with Crippen LogP contribution >= 0.6 is 0 Å². The molecular formula is C30H31NO4Si. The summed E-state index contributed by atoms with van der Waals surface area (Å²) < 4.78 is 5.80. The second-order valence-electron chi connectivity index (χ2n) is 10.2. The first-order valence-corrected chi connectivity index (χ1v) is 15.5. The van der Waals surface area contributed by atoms with Crippen molar-refractivity contribution >= 4 is 25.8 Å². The third-order valence-electron chi connectivity index (χ3n) is 6.41. The summed E-state index contributed by atoms with van der Waals surface area (Å²) in [5, 5.41) is 9.41. The number of ether oxygens (including phenoxy) is 1. The maximum Gasteiger partial charge on any atom is 0.414 e. The Balaban J connectivity index is 1.59. The van der Waals surface area contributed by atoms with E-state index in [2.05, 4.69) is 55.4 Å². The van der Waals surface area contributed by atoms with E-state index < -0.39 is 20.1 Å². The molecular weight excluding hydrogens is 466 g/mol. The molecule has 0 aliphatic heterocycles.